The Hall–Kier alpha value is -2.29. The van der Waals surface area contributed by atoms with Gasteiger partial charge in [-0.15, -0.1) is 0 Å². The minimum Gasteiger partial charge on any atom is -0.492 e. The lowest BCUT2D eigenvalue weighted by molar-refractivity contribution is -0.384. The molecule has 1 aromatic carbocycles. The van der Waals surface area contributed by atoms with Crippen molar-refractivity contribution >= 4 is 5.69 Å². The fourth-order valence-corrected chi connectivity index (χ4v) is 3.26. The second-order valence-electron chi connectivity index (χ2n) is 7.24. The number of non-ortho nitro benzene ring substituents is 1. The van der Waals surface area contributed by atoms with E-state index in [2.05, 4.69) is 9.80 Å². The van der Waals surface area contributed by atoms with Gasteiger partial charge in [0.05, 0.1) is 38.0 Å². The highest BCUT2D eigenvalue weighted by Crippen LogP contribution is 2.23. The third-order valence-corrected chi connectivity index (χ3v) is 5.01. The van der Waals surface area contributed by atoms with Crippen LogP contribution < -0.4 is 4.74 Å². The number of nitriles is 1. The number of ether oxygens (including phenoxy) is 3. The van der Waals surface area contributed by atoms with Crippen molar-refractivity contribution in [3.63, 3.8) is 0 Å². The molecule has 2 heterocycles. The summed E-state index contributed by atoms with van der Waals surface area (Å²) in [5.41, 5.74) is 0.0859. The van der Waals surface area contributed by atoms with Gasteiger partial charge in [0.15, 0.2) is 0 Å². The van der Waals surface area contributed by atoms with Crippen LogP contribution in [0.3, 0.4) is 0 Å². The Bertz CT molecular complexity index is 700. The van der Waals surface area contributed by atoms with Gasteiger partial charge in [-0.2, -0.15) is 5.26 Å². The van der Waals surface area contributed by atoms with Crippen molar-refractivity contribution in [2.45, 2.75) is 12.8 Å². The van der Waals surface area contributed by atoms with E-state index in [0.717, 1.165) is 78.5 Å². The number of hydrogen-bond acceptors (Lipinski definition) is 9. The van der Waals surface area contributed by atoms with Crippen molar-refractivity contribution in [2.24, 2.45) is 0 Å². The fourth-order valence-electron chi connectivity index (χ4n) is 3.26. The Morgan fingerprint density at radius 1 is 1.06 bits per heavy atom. The van der Waals surface area contributed by atoms with Crippen molar-refractivity contribution in [1.82, 2.24) is 9.80 Å². The molecule has 0 radical (unpaired) electrons. The maximum absolute atomic E-state index is 10.7. The number of aliphatic hydroxyl groups is 1. The van der Waals surface area contributed by atoms with Gasteiger partial charge < -0.3 is 19.3 Å². The summed E-state index contributed by atoms with van der Waals surface area (Å²) in [6, 6.07) is 5.98. The molecule has 0 spiro atoms. The molecule has 2 aliphatic heterocycles. The molecule has 2 fully saturated rings. The normalized spacial score (nSPS) is 17.3. The van der Waals surface area contributed by atoms with E-state index < -0.39 is 4.92 Å². The van der Waals surface area contributed by atoms with Gasteiger partial charge in [-0.25, -0.2) is 0 Å². The van der Waals surface area contributed by atoms with Crippen LogP contribution in [0.4, 0.5) is 5.69 Å². The summed E-state index contributed by atoms with van der Waals surface area (Å²) >= 11 is 0. The smallest absolute Gasteiger partial charge is 0.271 e. The monoisotopic (exact) mass is 436 g/mol. The van der Waals surface area contributed by atoms with Crippen LogP contribution in [0.2, 0.25) is 0 Å². The Balaban J connectivity index is 0.000000285. The van der Waals surface area contributed by atoms with E-state index in [-0.39, 0.29) is 11.3 Å². The highest BCUT2D eigenvalue weighted by molar-refractivity contribution is 5.50. The third kappa shape index (κ3) is 9.59. The predicted molar refractivity (Wildman–Crippen MR) is 114 cm³/mol. The minimum absolute atomic E-state index is 0.104. The average molecular weight is 437 g/mol. The molecular formula is C21H32N4O6. The van der Waals surface area contributed by atoms with Gasteiger partial charge in [-0.3, -0.25) is 19.9 Å². The molecule has 0 saturated carbocycles. The van der Waals surface area contributed by atoms with Gasteiger partial charge in [0, 0.05) is 58.0 Å². The van der Waals surface area contributed by atoms with Crippen LogP contribution in [0, 0.1) is 21.4 Å². The van der Waals surface area contributed by atoms with Crippen LogP contribution in [0.15, 0.2) is 18.2 Å². The van der Waals surface area contributed by atoms with Crippen LogP contribution >= 0.6 is 0 Å². The topological polar surface area (TPSA) is 121 Å². The first-order valence-electron chi connectivity index (χ1n) is 10.7. The molecule has 0 bridgehead atoms. The Morgan fingerprint density at radius 2 is 1.65 bits per heavy atom. The van der Waals surface area contributed by atoms with Crippen molar-refractivity contribution in [1.29, 1.82) is 5.26 Å². The third-order valence-electron chi connectivity index (χ3n) is 5.01. The summed E-state index contributed by atoms with van der Waals surface area (Å²) in [5.74, 6) is 0.394. The lowest BCUT2D eigenvalue weighted by atomic mass is 10.2. The largest absolute Gasteiger partial charge is 0.492 e. The molecule has 0 aliphatic carbocycles. The molecule has 0 atom stereocenters. The molecule has 10 heteroatoms. The first kappa shape index (κ1) is 25.0. The van der Waals surface area contributed by atoms with Crippen LogP contribution in [-0.2, 0) is 9.47 Å². The molecule has 2 aliphatic rings. The van der Waals surface area contributed by atoms with Crippen molar-refractivity contribution < 1.29 is 24.2 Å². The zero-order valence-corrected chi connectivity index (χ0v) is 17.9. The molecule has 3 rings (SSSR count). The molecule has 10 nitrogen and oxygen atoms in total. The lowest BCUT2D eigenvalue weighted by Gasteiger charge is -2.26. The number of nitro groups is 1. The molecule has 0 aromatic heterocycles. The molecule has 0 unspecified atom stereocenters. The van der Waals surface area contributed by atoms with E-state index >= 15 is 0 Å². The molecule has 2 saturated heterocycles. The van der Waals surface area contributed by atoms with Crippen LogP contribution in [0.5, 0.6) is 5.75 Å². The van der Waals surface area contributed by atoms with Crippen molar-refractivity contribution in [3.8, 4) is 11.8 Å². The highest BCUT2D eigenvalue weighted by Gasteiger charge is 2.13. The summed E-state index contributed by atoms with van der Waals surface area (Å²) in [7, 11) is 0. The first-order chi connectivity index (χ1) is 15.1. The van der Waals surface area contributed by atoms with Crippen molar-refractivity contribution in [2.75, 3.05) is 78.9 Å². The number of benzene rings is 1. The number of morpholine rings is 2. The van der Waals surface area contributed by atoms with E-state index in [4.69, 9.17) is 24.6 Å². The van der Waals surface area contributed by atoms with E-state index in [9.17, 15) is 10.1 Å². The Labute approximate surface area is 183 Å². The average Bonchev–Trinajstić information content (AvgIpc) is 2.82. The number of nitro benzene ring substituents is 1. The van der Waals surface area contributed by atoms with Crippen LogP contribution in [0.25, 0.3) is 0 Å². The first-order valence-corrected chi connectivity index (χ1v) is 10.7. The molecule has 31 heavy (non-hydrogen) atoms. The fraction of sp³-hybridized carbons (Fsp3) is 0.667. The Morgan fingerprint density at radius 3 is 2.16 bits per heavy atom. The van der Waals surface area contributed by atoms with Gasteiger partial charge in [-0.1, -0.05) is 0 Å². The highest BCUT2D eigenvalue weighted by atomic mass is 16.6. The van der Waals surface area contributed by atoms with E-state index in [0.29, 0.717) is 19.0 Å². The van der Waals surface area contributed by atoms with Gasteiger partial charge in [0.2, 0.25) is 0 Å². The Kier molecular flexibility index (Phi) is 11.8. The number of hydrogen-bond donors (Lipinski definition) is 1. The quantitative estimate of drug-likeness (QED) is 0.346. The van der Waals surface area contributed by atoms with Crippen LogP contribution in [-0.4, -0.2) is 98.7 Å². The summed E-state index contributed by atoms with van der Waals surface area (Å²) in [4.78, 5) is 14.7. The number of nitrogens with zero attached hydrogens (tertiary/aromatic N) is 4. The van der Waals surface area contributed by atoms with Gasteiger partial charge in [0.1, 0.15) is 17.4 Å². The maximum Gasteiger partial charge on any atom is 0.271 e. The summed E-state index contributed by atoms with van der Waals surface area (Å²) in [6.07, 6.45) is 1.72. The summed E-state index contributed by atoms with van der Waals surface area (Å²) in [5, 5.41) is 28.2. The number of aliphatic hydroxyl groups excluding tert-OH is 1. The minimum atomic E-state index is -0.525. The summed E-state index contributed by atoms with van der Waals surface area (Å²) < 4.78 is 16.0. The molecule has 0 amide bonds. The van der Waals surface area contributed by atoms with Crippen molar-refractivity contribution in [3.05, 3.63) is 33.9 Å². The van der Waals surface area contributed by atoms with Gasteiger partial charge in [0.25, 0.3) is 5.69 Å². The second-order valence-corrected chi connectivity index (χ2v) is 7.24. The van der Waals surface area contributed by atoms with E-state index in [1.807, 2.05) is 6.07 Å². The predicted octanol–water partition coefficient (Wildman–Crippen LogP) is 1.27. The SMILES string of the molecule is N#Cc1cc([N+](=O)[O-])ccc1OCCCN1CCOCC1.OCCCN1CCOCC1. The van der Waals surface area contributed by atoms with Crippen LogP contribution in [0.1, 0.15) is 18.4 Å². The standard InChI is InChI=1S/C14H17N3O4.C7H15NO2/c15-11-12-10-13(17(18)19)2-3-14(12)21-7-1-4-16-5-8-20-9-6-16;9-5-1-2-8-3-6-10-7-4-8/h2-3,10H,1,4-9H2;9H,1-7H2. The summed E-state index contributed by atoms with van der Waals surface area (Å²) in [6.45, 7) is 9.86. The molecular weight excluding hydrogens is 404 g/mol. The number of rotatable bonds is 9. The molecule has 172 valence electrons. The van der Waals surface area contributed by atoms with E-state index in [1.165, 1.54) is 18.2 Å². The van der Waals surface area contributed by atoms with E-state index in [1.54, 1.807) is 0 Å². The maximum atomic E-state index is 10.7. The molecule has 1 aromatic rings. The zero-order chi connectivity index (χ0) is 22.3. The lowest BCUT2D eigenvalue weighted by Crippen LogP contribution is -2.37. The second kappa shape index (κ2) is 14.7. The zero-order valence-electron chi connectivity index (χ0n) is 17.9. The van der Waals surface area contributed by atoms with Gasteiger partial charge in [-0.05, 0) is 18.9 Å². The molecule has 1 N–H and O–H groups in total. The van der Waals surface area contributed by atoms with Gasteiger partial charge >= 0.3 is 0 Å².